The lowest BCUT2D eigenvalue weighted by Crippen LogP contribution is -2.45. The van der Waals surface area contributed by atoms with Crippen LogP contribution in [-0.2, 0) is 11.0 Å². The van der Waals surface area contributed by atoms with Crippen molar-refractivity contribution in [3.63, 3.8) is 0 Å². The van der Waals surface area contributed by atoms with E-state index >= 15 is 0 Å². The summed E-state index contributed by atoms with van der Waals surface area (Å²) >= 11 is 1.57. The van der Waals surface area contributed by atoms with E-state index in [2.05, 4.69) is 39.6 Å². The highest BCUT2D eigenvalue weighted by Gasteiger charge is 2.25. The third-order valence-corrected chi connectivity index (χ3v) is 9.36. The first-order chi connectivity index (χ1) is 19.5. The molecular formula is C31H27FN4O2S2. The van der Waals surface area contributed by atoms with Crippen LogP contribution in [0.15, 0.2) is 112 Å². The SMILES string of the molecule is O=C(NC1CCN(S(=O)c2ccc(F)cc2)CC1)c1cccc(Sc2cnc3[nH]c(-c4ccccc4)cc3c2)c1. The molecule has 1 amide bonds. The van der Waals surface area contributed by atoms with Gasteiger partial charge in [0, 0.05) is 51.8 Å². The Morgan fingerprint density at radius 3 is 2.50 bits per heavy atom. The summed E-state index contributed by atoms with van der Waals surface area (Å²) in [5, 5.41) is 4.17. The molecule has 1 fully saturated rings. The number of carbonyl (C=O) groups is 1. The number of H-pyrrole nitrogens is 1. The van der Waals surface area contributed by atoms with Crippen LogP contribution in [0.25, 0.3) is 22.3 Å². The summed E-state index contributed by atoms with van der Waals surface area (Å²) in [6.45, 7) is 1.18. The monoisotopic (exact) mass is 570 g/mol. The number of hydrogen-bond donors (Lipinski definition) is 2. The number of hydrogen-bond acceptors (Lipinski definition) is 4. The normalized spacial score (nSPS) is 15.2. The fraction of sp³-hybridized carbons (Fsp3) is 0.161. The van der Waals surface area contributed by atoms with Crippen molar-refractivity contribution in [1.29, 1.82) is 0 Å². The number of carbonyl (C=O) groups excluding carboxylic acids is 1. The van der Waals surface area contributed by atoms with Gasteiger partial charge in [0.15, 0.2) is 0 Å². The zero-order valence-corrected chi connectivity index (χ0v) is 23.2. The number of fused-ring (bicyclic) bond motifs is 1. The largest absolute Gasteiger partial charge is 0.349 e. The third kappa shape index (κ3) is 6.01. The number of halogens is 1. The molecule has 0 radical (unpaired) electrons. The molecule has 2 N–H and O–H groups in total. The van der Waals surface area contributed by atoms with Gasteiger partial charge in [0.05, 0.1) is 4.90 Å². The summed E-state index contributed by atoms with van der Waals surface area (Å²) in [6.07, 6.45) is 3.23. The van der Waals surface area contributed by atoms with Gasteiger partial charge in [-0.05, 0) is 73.0 Å². The standard InChI is InChI=1S/C31H27FN4O2S2/c32-24-9-11-28(12-10-24)40(38)36-15-13-25(14-16-36)34-31(37)22-7-4-8-26(17-22)39-27-18-23-19-29(35-30(23)33-20-27)21-5-2-1-3-6-21/h1-12,17-20,25H,13-16H2,(H,33,35)(H,34,37). The van der Waals surface area contributed by atoms with Gasteiger partial charge in [-0.25, -0.2) is 17.9 Å². The fourth-order valence-electron chi connectivity index (χ4n) is 4.80. The van der Waals surface area contributed by atoms with Gasteiger partial charge >= 0.3 is 0 Å². The number of nitrogens with one attached hydrogen (secondary N) is 2. The molecule has 5 aromatic rings. The van der Waals surface area contributed by atoms with Gasteiger partial charge in [-0.15, -0.1) is 0 Å². The highest BCUT2D eigenvalue weighted by atomic mass is 32.2. The van der Waals surface area contributed by atoms with Crippen LogP contribution in [-0.4, -0.2) is 43.5 Å². The van der Waals surface area contributed by atoms with Crippen molar-refractivity contribution in [1.82, 2.24) is 19.6 Å². The van der Waals surface area contributed by atoms with Crippen molar-refractivity contribution < 1.29 is 13.4 Å². The second-order valence-electron chi connectivity index (χ2n) is 9.67. The van der Waals surface area contributed by atoms with Gasteiger partial charge in [-0.2, -0.15) is 0 Å². The summed E-state index contributed by atoms with van der Waals surface area (Å²) in [5.74, 6) is -0.465. The van der Waals surface area contributed by atoms with Crippen molar-refractivity contribution in [2.75, 3.05) is 13.1 Å². The summed E-state index contributed by atoms with van der Waals surface area (Å²) in [4.78, 5) is 23.6. The number of amides is 1. The van der Waals surface area contributed by atoms with E-state index in [1.54, 1.807) is 23.9 Å². The molecule has 0 bridgehead atoms. The lowest BCUT2D eigenvalue weighted by Gasteiger charge is -2.31. The number of piperidine rings is 1. The van der Waals surface area contributed by atoms with Gasteiger partial charge in [0.1, 0.15) is 22.5 Å². The van der Waals surface area contributed by atoms with Crippen molar-refractivity contribution in [2.24, 2.45) is 0 Å². The Kier molecular flexibility index (Phi) is 7.77. The zero-order valence-electron chi connectivity index (χ0n) is 21.5. The third-order valence-electron chi connectivity index (χ3n) is 6.90. The number of benzene rings is 3. The Balaban J connectivity index is 1.07. The summed E-state index contributed by atoms with van der Waals surface area (Å²) in [5.41, 5.74) is 3.57. The molecule has 0 saturated carbocycles. The van der Waals surface area contributed by atoms with Crippen LogP contribution in [0.5, 0.6) is 0 Å². The van der Waals surface area contributed by atoms with Gasteiger partial charge < -0.3 is 10.3 Å². The van der Waals surface area contributed by atoms with Crippen LogP contribution < -0.4 is 5.32 Å². The molecular weight excluding hydrogens is 543 g/mol. The van der Waals surface area contributed by atoms with Crippen LogP contribution in [0.3, 0.4) is 0 Å². The smallest absolute Gasteiger partial charge is 0.251 e. The molecule has 6 nitrogen and oxygen atoms in total. The predicted molar refractivity (Wildman–Crippen MR) is 157 cm³/mol. The van der Waals surface area contributed by atoms with E-state index in [0.29, 0.717) is 36.4 Å². The average Bonchev–Trinajstić information content (AvgIpc) is 3.42. The highest BCUT2D eigenvalue weighted by molar-refractivity contribution is 7.99. The number of aromatic nitrogens is 2. The van der Waals surface area contributed by atoms with Crippen LogP contribution in [0.2, 0.25) is 0 Å². The summed E-state index contributed by atoms with van der Waals surface area (Å²) in [7, 11) is -1.34. The molecule has 1 aliphatic heterocycles. The predicted octanol–water partition coefficient (Wildman–Crippen LogP) is 6.44. The second kappa shape index (κ2) is 11.8. The molecule has 3 heterocycles. The number of nitrogens with zero attached hydrogens (tertiary/aromatic N) is 2. The molecule has 1 atom stereocenters. The molecule has 202 valence electrons. The minimum Gasteiger partial charge on any atom is -0.349 e. The van der Waals surface area contributed by atoms with E-state index in [1.807, 2.05) is 53.0 Å². The molecule has 40 heavy (non-hydrogen) atoms. The van der Waals surface area contributed by atoms with Gasteiger partial charge in [-0.1, -0.05) is 48.2 Å². The highest BCUT2D eigenvalue weighted by Crippen LogP contribution is 2.31. The maximum Gasteiger partial charge on any atom is 0.251 e. The van der Waals surface area contributed by atoms with Crippen molar-refractivity contribution in [3.05, 3.63) is 109 Å². The Hall–Kier alpha value is -3.79. The van der Waals surface area contributed by atoms with Crippen LogP contribution in [0, 0.1) is 5.82 Å². The molecule has 3 aromatic carbocycles. The number of rotatable bonds is 7. The van der Waals surface area contributed by atoms with E-state index in [9.17, 15) is 13.4 Å². The van der Waals surface area contributed by atoms with Crippen LogP contribution in [0.1, 0.15) is 23.2 Å². The van der Waals surface area contributed by atoms with E-state index in [1.165, 1.54) is 12.1 Å². The number of pyridine rings is 1. The molecule has 0 spiro atoms. The molecule has 2 aromatic heterocycles. The first-order valence-corrected chi connectivity index (χ1v) is 15.0. The molecule has 0 aliphatic carbocycles. The lowest BCUT2D eigenvalue weighted by molar-refractivity contribution is 0.0924. The topological polar surface area (TPSA) is 78.1 Å². The molecule has 9 heteroatoms. The quantitative estimate of drug-likeness (QED) is 0.236. The maximum absolute atomic E-state index is 13.2. The van der Waals surface area contributed by atoms with Gasteiger partial charge in [0.25, 0.3) is 5.91 Å². The Labute approximate surface area is 238 Å². The Morgan fingerprint density at radius 2 is 1.73 bits per heavy atom. The first kappa shape index (κ1) is 26.4. The van der Waals surface area contributed by atoms with Crippen LogP contribution >= 0.6 is 11.8 Å². The van der Waals surface area contributed by atoms with Crippen molar-refractivity contribution >= 4 is 39.7 Å². The zero-order chi connectivity index (χ0) is 27.5. The molecule has 1 unspecified atom stereocenters. The van der Waals surface area contributed by atoms with E-state index in [0.717, 1.165) is 32.1 Å². The summed E-state index contributed by atoms with van der Waals surface area (Å²) in [6, 6.07) is 27.7. The first-order valence-electron chi connectivity index (χ1n) is 13.1. The Morgan fingerprint density at radius 1 is 0.950 bits per heavy atom. The molecule has 1 saturated heterocycles. The van der Waals surface area contributed by atoms with Crippen LogP contribution in [0.4, 0.5) is 4.39 Å². The average molecular weight is 571 g/mol. The maximum atomic E-state index is 13.2. The van der Waals surface area contributed by atoms with Gasteiger partial charge in [-0.3, -0.25) is 4.79 Å². The van der Waals surface area contributed by atoms with Crippen molar-refractivity contribution in [2.45, 2.75) is 33.6 Å². The summed E-state index contributed by atoms with van der Waals surface area (Å²) < 4.78 is 27.9. The lowest BCUT2D eigenvalue weighted by atomic mass is 10.1. The van der Waals surface area contributed by atoms with E-state index < -0.39 is 11.0 Å². The minimum absolute atomic E-state index is 0.00397. The van der Waals surface area contributed by atoms with E-state index in [4.69, 9.17) is 0 Å². The minimum atomic E-state index is -1.34. The number of aromatic amines is 1. The van der Waals surface area contributed by atoms with E-state index in [-0.39, 0.29) is 17.8 Å². The molecule has 6 rings (SSSR count). The molecule has 1 aliphatic rings. The second-order valence-corrected chi connectivity index (χ2v) is 12.3. The van der Waals surface area contributed by atoms with Crippen molar-refractivity contribution in [3.8, 4) is 11.3 Å². The van der Waals surface area contributed by atoms with Gasteiger partial charge in [0.2, 0.25) is 0 Å². The Bertz CT molecular complexity index is 1670. The fourth-order valence-corrected chi connectivity index (χ4v) is 6.90.